The standard InChI is InChI=1S/C21H22FN3O2/c1-2-25-13-17(16-9-10-23-12-18(16)25)20(14-5-7-15(22)8-6-14)24-21(26)19-4-3-11-27-19/h5-10,12-13,19-20H,2-4,11H2,1H3,(H,24,26)/t19-,20+/m1/s1. The molecular formula is C21H22FN3O2. The average Bonchev–Trinajstić information content (AvgIpc) is 3.35. The molecule has 0 aliphatic carbocycles. The van der Waals surface area contributed by atoms with Crippen LogP contribution in [0, 0.1) is 5.82 Å². The maximum Gasteiger partial charge on any atom is 0.249 e. The van der Waals surface area contributed by atoms with Crippen LogP contribution in [0.1, 0.15) is 36.9 Å². The number of ether oxygens (including phenoxy) is 1. The van der Waals surface area contributed by atoms with Crippen LogP contribution in [0.4, 0.5) is 4.39 Å². The zero-order valence-corrected chi connectivity index (χ0v) is 15.2. The normalized spacial score (nSPS) is 17.9. The molecule has 140 valence electrons. The van der Waals surface area contributed by atoms with Crippen LogP contribution in [-0.4, -0.2) is 28.2 Å². The number of hydrogen-bond donors (Lipinski definition) is 1. The monoisotopic (exact) mass is 367 g/mol. The van der Waals surface area contributed by atoms with E-state index in [9.17, 15) is 9.18 Å². The summed E-state index contributed by atoms with van der Waals surface area (Å²) in [5.74, 6) is -0.434. The molecule has 1 aromatic carbocycles. The van der Waals surface area contributed by atoms with E-state index in [0.717, 1.165) is 41.4 Å². The van der Waals surface area contributed by atoms with Gasteiger partial charge in [0.05, 0.1) is 17.8 Å². The van der Waals surface area contributed by atoms with Gasteiger partial charge in [0.25, 0.3) is 0 Å². The number of rotatable bonds is 5. The van der Waals surface area contributed by atoms with Gasteiger partial charge in [-0.3, -0.25) is 9.78 Å². The number of halogens is 1. The zero-order valence-electron chi connectivity index (χ0n) is 15.2. The molecule has 0 unspecified atom stereocenters. The molecule has 1 N–H and O–H groups in total. The highest BCUT2D eigenvalue weighted by molar-refractivity contribution is 5.86. The highest BCUT2D eigenvalue weighted by Crippen LogP contribution is 2.31. The van der Waals surface area contributed by atoms with Crippen molar-refractivity contribution in [1.82, 2.24) is 14.9 Å². The molecule has 6 heteroatoms. The lowest BCUT2D eigenvalue weighted by Gasteiger charge is -2.21. The first-order chi connectivity index (χ1) is 13.2. The van der Waals surface area contributed by atoms with Crippen molar-refractivity contribution in [1.29, 1.82) is 0 Å². The smallest absolute Gasteiger partial charge is 0.249 e. The van der Waals surface area contributed by atoms with Crippen LogP contribution in [0.2, 0.25) is 0 Å². The van der Waals surface area contributed by atoms with Gasteiger partial charge in [0.1, 0.15) is 11.9 Å². The largest absolute Gasteiger partial charge is 0.368 e. The lowest BCUT2D eigenvalue weighted by atomic mass is 9.98. The summed E-state index contributed by atoms with van der Waals surface area (Å²) >= 11 is 0. The number of fused-ring (bicyclic) bond motifs is 1. The molecular weight excluding hydrogens is 345 g/mol. The predicted octanol–water partition coefficient (Wildman–Crippen LogP) is 3.58. The molecule has 3 heterocycles. The third-order valence-electron chi connectivity index (χ3n) is 5.08. The number of pyridine rings is 1. The Morgan fingerprint density at radius 1 is 1.37 bits per heavy atom. The molecule has 0 spiro atoms. The minimum atomic E-state index is -0.422. The number of benzene rings is 1. The van der Waals surface area contributed by atoms with E-state index in [1.54, 1.807) is 18.3 Å². The maximum absolute atomic E-state index is 13.5. The van der Waals surface area contributed by atoms with E-state index in [1.165, 1.54) is 12.1 Å². The Morgan fingerprint density at radius 3 is 2.89 bits per heavy atom. The van der Waals surface area contributed by atoms with Gasteiger partial charge >= 0.3 is 0 Å². The van der Waals surface area contributed by atoms with Gasteiger partial charge in [0.15, 0.2) is 0 Å². The van der Waals surface area contributed by atoms with Gasteiger partial charge in [-0.25, -0.2) is 4.39 Å². The molecule has 2 aromatic heterocycles. The molecule has 1 fully saturated rings. The van der Waals surface area contributed by atoms with Crippen LogP contribution in [-0.2, 0) is 16.1 Å². The number of nitrogens with one attached hydrogen (secondary N) is 1. The minimum Gasteiger partial charge on any atom is -0.368 e. The lowest BCUT2D eigenvalue weighted by Crippen LogP contribution is -2.37. The average molecular weight is 367 g/mol. The lowest BCUT2D eigenvalue weighted by molar-refractivity contribution is -0.130. The number of carbonyl (C=O) groups is 1. The SMILES string of the molecule is CCn1cc([C@@H](NC(=O)[C@H]2CCCO2)c2ccc(F)cc2)c2ccncc21. The second kappa shape index (κ2) is 7.48. The third kappa shape index (κ3) is 3.45. The van der Waals surface area contributed by atoms with E-state index in [0.29, 0.717) is 6.61 Å². The summed E-state index contributed by atoms with van der Waals surface area (Å²) in [6.07, 6.45) is 6.80. The van der Waals surface area contributed by atoms with Crippen molar-refractivity contribution in [2.24, 2.45) is 0 Å². The molecule has 0 radical (unpaired) electrons. The van der Waals surface area contributed by atoms with Crippen molar-refractivity contribution >= 4 is 16.8 Å². The number of hydrogen-bond acceptors (Lipinski definition) is 3. The molecule has 5 nitrogen and oxygen atoms in total. The number of aromatic nitrogens is 2. The van der Waals surface area contributed by atoms with Crippen LogP contribution in [0.15, 0.2) is 48.9 Å². The van der Waals surface area contributed by atoms with E-state index < -0.39 is 6.10 Å². The van der Waals surface area contributed by atoms with Crippen LogP contribution in [0.25, 0.3) is 10.9 Å². The first-order valence-electron chi connectivity index (χ1n) is 9.27. The molecule has 0 saturated carbocycles. The zero-order chi connectivity index (χ0) is 18.8. The summed E-state index contributed by atoms with van der Waals surface area (Å²) in [6, 6.07) is 7.83. The fraction of sp³-hybridized carbons (Fsp3) is 0.333. The van der Waals surface area contributed by atoms with Gasteiger partial charge in [-0.2, -0.15) is 0 Å². The third-order valence-corrected chi connectivity index (χ3v) is 5.08. The Balaban J connectivity index is 1.78. The second-order valence-electron chi connectivity index (χ2n) is 6.76. The fourth-order valence-corrected chi connectivity index (χ4v) is 3.67. The molecule has 0 bridgehead atoms. The quantitative estimate of drug-likeness (QED) is 0.750. The van der Waals surface area contributed by atoms with Gasteiger partial charge in [0, 0.05) is 36.5 Å². The van der Waals surface area contributed by atoms with Gasteiger partial charge < -0.3 is 14.6 Å². The van der Waals surface area contributed by atoms with Crippen LogP contribution in [0.5, 0.6) is 0 Å². The van der Waals surface area contributed by atoms with Crippen molar-refractivity contribution in [2.45, 2.75) is 38.5 Å². The first kappa shape index (κ1) is 17.7. The number of carbonyl (C=O) groups excluding carboxylic acids is 1. The summed E-state index contributed by atoms with van der Waals surface area (Å²) in [5, 5.41) is 4.14. The van der Waals surface area contributed by atoms with Gasteiger partial charge in [-0.1, -0.05) is 12.1 Å². The number of amides is 1. The van der Waals surface area contributed by atoms with E-state index >= 15 is 0 Å². The Bertz CT molecular complexity index is 946. The Kier molecular flexibility index (Phi) is 4.90. The molecule has 1 aliphatic heterocycles. The molecule has 4 rings (SSSR count). The summed E-state index contributed by atoms with van der Waals surface area (Å²) in [7, 11) is 0. The van der Waals surface area contributed by atoms with E-state index in [4.69, 9.17) is 4.74 Å². The summed E-state index contributed by atoms with van der Waals surface area (Å²) in [6.45, 7) is 3.46. The van der Waals surface area contributed by atoms with Crippen molar-refractivity contribution in [2.75, 3.05) is 6.61 Å². The van der Waals surface area contributed by atoms with Crippen LogP contribution < -0.4 is 5.32 Å². The molecule has 1 amide bonds. The first-order valence-corrected chi connectivity index (χ1v) is 9.27. The number of aryl methyl sites for hydroxylation is 1. The van der Waals surface area contributed by atoms with Crippen molar-refractivity contribution in [3.05, 3.63) is 65.9 Å². The Hall–Kier alpha value is -2.73. The molecule has 1 saturated heterocycles. The molecule has 2 atom stereocenters. The molecule has 3 aromatic rings. The van der Waals surface area contributed by atoms with Gasteiger partial charge in [0.2, 0.25) is 5.91 Å². The van der Waals surface area contributed by atoms with Crippen molar-refractivity contribution in [3.63, 3.8) is 0 Å². The highest BCUT2D eigenvalue weighted by Gasteiger charge is 2.28. The van der Waals surface area contributed by atoms with E-state index in [1.807, 2.05) is 18.5 Å². The van der Waals surface area contributed by atoms with Crippen LogP contribution >= 0.6 is 0 Å². The fourth-order valence-electron chi connectivity index (χ4n) is 3.67. The van der Waals surface area contributed by atoms with Crippen molar-refractivity contribution < 1.29 is 13.9 Å². The number of nitrogens with zero attached hydrogens (tertiary/aromatic N) is 2. The van der Waals surface area contributed by atoms with E-state index in [-0.39, 0.29) is 17.8 Å². The van der Waals surface area contributed by atoms with Crippen molar-refractivity contribution in [3.8, 4) is 0 Å². The summed E-state index contributed by atoms with van der Waals surface area (Å²) in [5.41, 5.74) is 2.80. The predicted molar refractivity (Wildman–Crippen MR) is 101 cm³/mol. The molecule has 1 aliphatic rings. The maximum atomic E-state index is 13.5. The van der Waals surface area contributed by atoms with Crippen LogP contribution in [0.3, 0.4) is 0 Å². The Labute approximate surface area is 157 Å². The van der Waals surface area contributed by atoms with E-state index in [2.05, 4.69) is 21.8 Å². The van der Waals surface area contributed by atoms with Gasteiger partial charge in [-0.15, -0.1) is 0 Å². The summed E-state index contributed by atoms with van der Waals surface area (Å²) in [4.78, 5) is 17.0. The minimum absolute atomic E-state index is 0.131. The molecule has 27 heavy (non-hydrogen) atoms. The summed E-state index contributed by atoms with van der Waals surface area (Å²) < 4.78 is 21.1. The second-order valence-corrected chi connectivity index (χ2v) is 6.76. The Morgan fingerprint density at radius 2 is 2.19 bits per heavy atom. The highest BCUT2D eigenvalue weighted by atomic mass is 19.1. The topological polar surface area (TPSA) is 56.2 Å². The van der Waals surface area contributed by atoms with Gasteiger partial charge in [-0.05, 0) is 43.5 Å².